The number of aryl methyl sites for hydroxylation is 1. The van der Waals surface area contributed by atoms with Crippen LogP contribution in [0.3, 0.4) is 0 Å². The Morgan fingerprint density at radius 1 is 1.07 bits per heavy atom. The maximum Gasteiger partial charge on any atom is 0.265 e. The van der Waals surface area contributed by atoms with Crippen LogP contribution >= 0.6 is 11.3 Å². The lowest BCUT2D eigenvalue weighted by Crippen LogP contribution is -2.36. The Hall–Kier alpha value is -4.09. The number of carbonyl (C=O) groups is 2. The number of thiophene rings is 1. The number of alkyl halides is 1. The zero-order chi connectivity index (χ0) is 30.6. The molecule has 9 nitrogen and oxygen atoms in total. The molecule has 2 aliphatic rings. The number of morpholine rings is 1. The number of nitrogens with one attached hydrogen (secondary N) is 1. The fourth-order valence-corrected chi connectivity index (χ4v) is 4.51. The summed E-state index contributed by atoms with van der Waals surface area (Å²) in [6.07, 6.45) is 9.95. The molecule has 0 saturated carbocycles. The Morgan fingerprint density at radius 2 is 1.76 bits per heavy atom. The number of amides is 1. The molecule has 1 aliphatic heterocycles. The van der Waals surface area contributed by atoms with Gasteiger partial charge >= 0.3 is 0 Å². The third kappa shape index (κ3) is 11.1. The first kappa shape index (κ1) is 34.9. The van der Waals surface area contributed by atoms with Crippen LogP contribution in [0.25, 0.3) is 5.70 Å². The van der Waals surface area contributed by atoms with Crippen molar-refractivity contribution in [3.8, 4) is 0 Å². The fourth-order valence-electron chi connectivity index (χ4n) is 3.75. The minimum Gasteiger partial charge on any atom is -0.402 e. The highest BCUT2D eigenvalue weighted by Gasteiger charge is 2.16. The normalized spacial score (nSPS) is 13.8. The van der Waals surface area contributed by atoms with Crippen LogP contribution in [0.5, 0.6) is 0 Å². The first-order chi connectivity index (χ1) is 20.0. The summed E-state index contributed by atoms with van der Waals surface area (Å²) in [5.74, 6) is -0.0474. The van der Waals surface area contributed by atoms with Crippen molar-refractivity contribution in [3.63, 3.8) is 0 Å². The number of nitrogens with two attached hydrogens (primary N) is 1. The van der Waals surface area contributed by atoms with E-state index in [0.29, 0.717) is 7.18 Å². The number of ether oxygens (including phenoxy) is 1. The molecule has 222 valence electrons. The summed E-state index contributed by atoms with van der Waals surface area (Å²) in [6, 6.07) is 11.8. The molecule has 5 rings (SSSR count). The number of allylic oxidation sites excluding steroid dienone is 5. The number of para-hydroxylation sites is 2. The lowest BCUT2D eigenvalue weighted by atomic mass is 10.2. The molecule has 3 heterocycles. The monoisotopic (exact) mass is 584 g/mol. The van der Waals surface area contributed by atoms with Crippen molar-refractivity contribution in [2.75, 3.05) is 43.7 Å². The molecule has 41 heavy (non-hydrogen) atoms. The van der Waals surface area contributed by atoms with E-state index in [0.717, 1.165) is 70.8 Å². The van der Waals surface area contributed by atoms with Gasteiger partial charge in [-0.3, -0.25) is 9.18 Å². The zero-order valence-corrected chi connectivity index (χ0v) is 25.3. The van der Waals surface area contributed by atoms with Gasteiger partial charge in [0.25, 0.3) is 5.91 Å². The van der Waals surface area contributed by atoms with Crippen molar-refractivity contribution in [2.45, 2.75) is 34.1 Å². The van der Waals surface area contributed by atoms with Crippen LogP contribution in [0, 0.1) is 6.92 Å². The van der Waals surface area contributed by atoms with Gasteiger partial charge in [0.15, 0.2) is 0 Å². The number of rotatable bonds is 4. The third-order valence-electron chi connectivity index (χ3n) is 5.64. The number of hydrogen-bond donors (Lipinski definition) is 2. The molecule has 0 unspecified atom stereocenters. The van der Waals surface area contributed by atoms with Crippen molar-refractivity contribution in [3.05, 3.63) is 88.3 Å². The van der Waals surface area contributed by atoms with Crippen molar-refractivity contribution < 1.29 is 18.7 Å². The molecule has 0 bridgehead atoms. The largest absolute Gasteiger partial charge is 0.402 e. The smallest absolute Gasteiger partial charge is 0.265 e. The van der Waals surface area contributed by atoms with Crippen LogP contribution in [0.4, 0.5) is 15.8 Å². The molecule has 1 aromatic carbocycles. The first-order valence-corrected chi connectivity index (χ1v) is 14.0. The summed E-state index contributed by atoms with van der Waals surface area (Å²) in [5.41, 5.74) is 10.7. The molecule has 11 heteroatoms. The minimum atomic E-state index is -0.0474. The van der Waals surface area contributed by atoms with E-state index in [4.69, 9.17) is 15.3 Å². The molecular weight excluding hydrogens is 543 g/mol. The van der Waals surface area contributed by atoms with Crippen LogP contribution in [0.15, 0.2) is 78.6 Å². The topological polar surface area (TPSA) is 115 Å². The Labute approximate surface area is 246 Å². The first-order valence-electron chi connectivity index (χ1n) is 13.2. The highest BCUT2D eigenvalue weighted by atomic mass is 32.1. The highest BCUT2D eigenvalue weighted by molar-refractivity contribution is 7.14. The van der Waals surface area contributed by atoms with Gasteiger partial charge in [-0.05, 0) is 55.8 Å². The van der Waals surface area contributed by atoms with Gasteiger partial charge in [-0.1, -0.05) is 32.1 Å². The standard InChI is InChI=1S/C16H18N2O2S.C10H12N4.C2H6.CH3F.CH2O/c1-12-6-7-15(21-12)16(19)17-13-4-2-3-5-14(13)18-8-10-20-11-9-18;1-8-2-3-9(11)4-5-10(8)14-7-12-6-13-14;3*1-2/h2-7H,8-11H2,1H3,(H,17,19);2,4-7H,3,11H2,1H3;1-2H3;1H3;1H2. The molecule has 1 aliphatic carbocycles. The van der Waals surface area contributed by atoms with Crippen molar-refractivity contribution >= 4 is 41.1 Å². The summed E-state index contributed by atoms with van der Waals surface area (Å²) in [5, 5.41) is 7.11. The van der Waals surface area contributed by atoms with Gasteiger partial charge < -0.3 is 25.5 Å². The minimum absolute atomic E-state index is 0.0474. The number of anilines is 2. The summed E-state index contributed by atoms with van der Waals surface area (Å²) in [7, 11) is 0.500. The molecule has 1 amide bonds. The summed E-state index contributed by atoms with van der Waals surface area (Å²) >= 11 is 1.51. The number of aromatic nitrogens is 3. The van der Waals surface area contributed by atoms with E-state index in [-0.39, 0.29) is 5.91 Å². The molecular formula is C30H41FN6O3S. The van der Waals surface area contributed by atoms with Crippen molar-refractivity contribution in [1.82, 2.24) is 14.8 Å². The van der Waals surface area contributed by atoms with Gasteiger partial charge in [0.1, 0.15) is 19.4 Å². The van der Waals surface area contributed by atoms with E-state index in [1.165, 1.54) is 17.7 Å². The van der Waals surface area contributed by atoms with Gasteiger partial charge in [-0.15, -0.1) is 11.3 Å². The average Bonchev–Trinajstić information content (AvgIpc) is 3.69. The molecule has 2 aromatic heterocycles. The van der Waals surface area contributed by atoms with Crippen LogP contribution in [0.1, 0.15) is 41.7 Å². The number of nitrogens with zero attached hydrogens (tertiary/aromatic N) is 4. The number of carbonyl (C=O) groups excluding carboxylic acids is 2. The van der Waals surface area contributed by atoms with Crippen LogP contribution in [-0.2, 0) is 9.53 Å². The summed E-state index contributed by atoms with van der Waals surface area (Å²) in [4.78, 5) is 28.4. The van der Waals surface area contributed by atoms with Gasteiger partial charge in [0.2, 0.25) is 0 Å². The third-order valence-corrected chi connectivity index (χ3v) is 6.64. The van der Waals surface area contributed by atoms with E-state index in [1.807, 2.05) is 83.0 Å². The van der Waals surface area contributed by atoms with E-state index in [2.05, 4.69) is 26.4 Å². The number of hydrogen-bond acceptors (Lipinski definition) is 8. The summed E-state index contributed by atoms with van der Waals surface area (Å²) in [6.45, 7) is 13.2. The lowest BCUT2D eigenvalue weighted by Gasteiger charge is -2.30. The van der Waals surface area contributed by atoms with Crippen LogP contribution in [-0.4, -0.2) is 60.9 Å². The molecule has 1 saturated heterocycles. The maximum atomic E-state index is 12.3. The van der Waals surface area contributed by atoms with Gasteiger partial charge in [-0.25, -0.2) is 9.67 Å². The second kappa shape index (κ2) is 19.9. The molecule has 3 aromatic rings. The Bertz CT molecular complexity index is 1260. The van der Waals surface area contributed by atoms with Gasteiger partial charge in [0, 0.05) is 30.1 Å². The number of benzene rings is 1. The Balaban J connectivity index is 0.000000365. The predicted octanol–water partition coefficient (Wildman–Crippen LogP) is 5.88. The Kier molecular flexibility index (Phi) is 16.9. The van der Waals surface area contributed by atoms with E-state index < -0.39 is 0 Å². The fraction of sp³-hybridized carbons (Fsp3) is 0.333. The van der Waals surface area contributed by atoms with Crippen LogP contribution < -0.4 is 16.0 Å². The van der Waals surface area contributed by atoms with E-state index in [9.17, 15) is 9.18 Å². The Morgan fingerprint density at radius 3 is 2.37 bits per heavy atom. The second-order valence-electron chi connectivity index (χ2n) is 8.21. The summed E-state index contributed by atoms with van der Waals surface area (Å²) < 4.78 is 16.6. The molecule has 0 spiro atoms. The lowest BCUT2D eigenvalue weighted by molar-refractivity contribution is -0.0980. The SMILES string of the molecule is C=O.CC.CC1=CCC(N)=CC=C1n1cncn1.CF.Cc1ccc(C(=O)Nc2ccccc2N2CCOCC2)s1. The van der Waals surface area contributed by atoms with Crippen LogP contribution in [0.2, 0.25) is 0 Å². The highest BCUT2D eigenvalue weighted by Crippen LogP contribution is 2.27. The van der Waals surface area contributed by atoms with Crippen molar-refractivity contribution in [2.24, 2.45) is 5.73 Å². The molecule has 0 radical (unpaired) electrons. The van der Waals surface area contributed by atoms with Gasteiger partial charge in [-0.2, -0.15) is 5.10 Å². The molecule has 0 atom stereocenters. The molecule has 3 N–H and O–H groups in total. The number of halogens is 1. The quantitative estimate of drug-likeness (QED) is 0.393. The van der Waals surface area contributed by atoms with E-state index >= 15 is 0 Å². The second-order valence-corrected chi connectivity index (χ2v) is 9.49. The zero-order valence-electron chi connectivity index (χ0n) is 24.5. The van der Waals surface area contributed by atoms with Gasteiger partial charge in [0.05, 0.1) is 42.3 Å². The predicted molar refractivity (Wildman–Crippen MR) is 167 cm³/mol. The van der Waals surface area contributed by atoms with E-state index in [1.54, 1.807) is 11.0 Å². The molecule has 1 fully saturated rings. The maximum absolute atomic E-state index is 12.3. The van der Waals surface area contributed by atoms with Crippen molar-refractivity contribution in [1.29, 1.82) is 0 Å². The average molecular weight is 585 g/mol.